The minimum atomic E-state index is 0.323. The molecule has 2 heteroatoms. The Labute approximate surface area is 93.0 Å². The molecule has 0 radical (unpaired) electrons. The summed E-state index contributed by atoms with van der Waals surface area (Å²) in [5.41, 5.74) is 1.29. The molecular weight excluding hydrogens is 190 g/mol. The third-order valence-corrected chi connectivity index (χ3v) is 3.45. The van der Waals surface area contributed by atoms with Crippen LogP contribution in [-0.2, 0) is 0 Å². The summed E-state index contributed by atoms with van der Waals surface area (Å²) >= 11 is 1.90. The van der Waals surface area contributed by atoms with Crippen LogP contribution in [0.1, 0.15) is 26.7 Å². The van der Waals surface area contributed by atoms with Crippen molar-refractivity contribution in [2.24, 2.45) is 0 Å². The first-order valence-corrected chi connectivity index (χ1v) is 6.51. The largest absolute Gasteiger partial charge is 0.310 e. The number of allylic oxidation sites excluding steroid dienone is 1. The van der Waals surface area contributed by atoms with Crippen molar-refractivity contribution in [2.45, 2.75) is 38.0 Å². The molecule has 0 saturated heterocycles. The van der Waals surface area contributed by atoms with Gasteiger partial charge in [0.05, 0.1) is 0 Å². The molecule has 0 fully saturated rings. The van der Waals surface area contributed by atoms with Crippen molar-refractivity contribution in [1.82, 2.24) is 5.32 Å². The second-order valence-corrected chi connectivity index (χ2v) is 4.42. The zero-order valence-corrected chi connectivity index (χ0v) is 10.7. The Hall–Kier alpha value is -0.210. The first-order chi connectivity index (χ1) is 6.71. The highest BCUT2D eigenvalue weighted by atomic mass is 32.2. The van der Waals surface area contributed by atoms with E-state index in [1.54, 1.807) is 0 Å². The molecule has 0 aromatic rings. The molecule has 0 rings (SSSR count). The van der Waals surface area contributed by atoms with Gasteiger partial charge in [-0.15, -0.1) is 0 Å². The van der Waals surface area contributed by atoms with Crippen molar-refractivity contribution in [3.63, 3.8) is 0 Å². The van der Waals surface area contributed by atoms with Gasteiger partial charge in [-0.3, -0.25) is 0 Å². The van der Waals surface area contributed by atoms with Crippen LogP contribution in [0.15, 0.2) is 24.3 Å². The highest BCUT2D eigenvalue weighted by molar-refractivity contribution is 7.99. The van der Waals surface area contributed by atoms with Crippen molar-refractivity contribution in [1.29, 1.82) is 0 Å². The summed E-state index contributed by atoms with van der Waals surface area (Å²) in [7, 11) is 1.99. The van der Waals surface area contributed by atoms with Gasteiger partial charge in [-0.25, -0.2) is 0 Å². The first-order valence-electron chi connectivity index (χ1n) is 5.22. The molecule has 0 heterocycles. The Morgan fingerprint density at radius 3 is 2.57 bits per heavy atom. The average Bonchev–Trinajstić information content (AvgIpc) is 2.21. The lowest BCUT2D eigenvalue weighted by Crippen LogP contribution is -2.29. The third kappa shape index (κ3) is 4.34. The molecule has 2 atom stereocenters. The zero-order chi connectivity index (χ0) is 11.0. The van der Waals surface area contributed by atoms with Crippen molar-refractivity contribution >= 4 is 11.8 Å². The van der Waals surface area contributed by atoms with Crippen molar-refractivity contribution in [3.05, 3.63) is 24.3 Å². The Balaban J connectivity index is 4.36. The maximum absolute atomic E-state index is 4.20. The Kier molecular flexibility index (Phi) is 8.01. The van der Waals surface area contributed by atoms with Crippen molar-refractivity contribution < 1.29 is 0 Å². The van der Waals surface area contributed by atoms with Gasteiger partial charge in [0.1, 0.15) is 0 Å². The number of thioether (sulfide) groups is 1. The number of hydrogen-bond acceptors (Lipinski definition) is 2. The van der Waals surface area contributed by atoms with Gasteiger partial charge in [0.15, 0.2) is 0 Å². The molecule has 2 unspecified atom stereocenters. The summed E-state index contributed by atoms with van der Waals surface area (Å²) in [6.45, 7) is 8.47. The standard InChI is InChI=1S/C12H23NS/c1-6-8-11(13-4)10(3)12(14-5)9-7-2/h6,8,11-13H,3,7,9H2,1-2,4-5H3/b8-6-. The fourth-order valence-electron chi connectivity index (χ4n) is 1.51. The summed E-state index contributed by atoms with van der Waals surface area (Å²) in [5.74, 6) is 0. The molecule has 1 N–H and O–H groups in total. The van der Waals surface area contributed by atoms with E-state index in [0.29, 0.717) is 11.3 Å². The molecule has 0 aliphatic heterocycles. The Bertz CT molecular complexity index is 187. The fourth-order valence-corrected chi connectivity index (χ4v) is 2.44. The lowest BCUT2D eigenvalue weighted by molar-refractivity contribution is 0.692. The summed E-state index contributed by atoms with van der Waals surface area (Å²) in [5, 5.41) is 3.85. The molecule has 14 heavy (non-hydrogen) atoms. The van der Waals surface area contributed by atoms with Gasteiger partial charge in [-0.2, -0.15) is 11.8 Å². The molecule has 1 nitrogen and oxygen atoms in total. The SMILES string of the molecule is C=C(C(/C=C\C)NC)C(CCC)SC. The van der Waals surface area contributed by atoms with E-state index in [1.807, 2.05) is 25.7 Å². The molecule has 0 aliphatic carbocycles. The highest BCUT2D eigenvalue weighted by Gasteiger charge is 2.15. The minimum absolute atomic E-state index is 0.323. The fraction of sp³-hybridized carbons (Fsp3) is 0.667. The molecular formula is C12H23NS. The van der Waals surface area contributed by atoms with Crippen LogP contribution in [0.2, 0.25) is 0 Å². The molecule has 0 aromatic heterocycles. The van der Waals surface area contributed by atoms with Crippen LogP contribution in [0.3, 0.4) is 0 Å². The second-order valence-electron chi connectivity index (χ2n) is 3.38. The van der Waals surface area contributed by atoms with Crippen LogP contribution in [0, 0.1) is 0 Å². The molecule has 82 valence electrons. The van der Waals surface area contributed by atoms with Crippen LogP contribution < -0.4 is 5.32 Å². The molecule has 0 saturated carbocycles. The molecule has 0 aromatic carbocycles. The predicted octanol–water partition coefficient (Wildman–Crippen LogP) is 3.24. The normalized spacial score (nSPS) is 15.7. The van der Waals surface area contributed by atoms with Crippen LogP contribution >= 0.6 is 11.8 Å². The zero-order valence-electron chi connectivity index (χ0n) is 9.84. The second kappa shape index (κ2) is 8.13. The maximum atomic E-state index is 4.20. The lowest BCUT2D eigenvalue weighted by atomic mass is 10.0. The third-order valence-electron chi connectivity index (χ3n) is 2.34. The smallest absolute Gasteiger partial charge is 0.0471 e. The summed E-state index contributed by atoms with van der Waals surface area (Å²) in [4.78, 5) is 0. The van der Waals surface area contributed by atoms with E-state index >= 15 is 0 Å². The quantitative estimate of drug-likeness (QED) is 0.652. The molecule has 0 spiro atoms. The predicted molar refractivity (Wildman–Crippen MR) is 69.0 cm³/mol. The van der Waals surface area contributed by atoms with Crippen LogP contribution in [0.25, 0.3) is 0 Å². The number of likely N-dealkylation sites (N-methyl/N-ethyl adjacent to an activating group) is 1. The van der Waals surface area contributed by atoms with Crippen LogP contribution in [0.4, 0.5) is 0 Å². The minimum Gasteiger partial charge on any atom is -0.310 e. The topological polar surface area (TPSA) is 12.0 Å². The Morgan fingerprint density at radius 1 is 1.57 bits per heavy atom. The monoisotopic (exact) mass is 213 g/mol. The average molecular weight is 213 g/mol. The van der Waals surface area contributed by atoms with Gasteiger partial charge < -0.3 is 5.32 Å². The van der Waals surface area contributed by atoms with Gasteiger partial charge in [-0.1, -0.05) is 32.1 Å². The maximum Gasteiger partial charge on any atom is 0.0471 e. The summed E-state index contributed by atoms with van der Waals surface area (Å²) < 4.78 is 0. The van der Waals surface area contributed by atoms with E-state index in [-0.39, 0.29) is 0 Å². The number of nitrogens with one attached hydrogen (secondary N) is 1. The summed E-state index contributed by atoms with van der Waals surface area (Å²) in [6.07, 6.45) is 8.84. The van der Waals surface area contributed by atoms with Gasteiger partial charge in [0.25, 0.3) is 0 Å². The van der Waals surface area contributed by atoms with E-state index in [4.69, 9.17) is 0 Å². The Morgan fingerprint density at radius 2 is 2.21 bits per heavy atom. The van der Waals surface area contributed by atoms with Crippen molar-refractivity contribution in [3.8, 4) is 0 Å². The first kappa shape index (κ1) is 13.8. The number of hydrogen-bond donors (Lipinski definition) is 1. The number of rotatable bonds is 7. The highest BCUT2D eigenvalue weighted by Crippen LogP contribution is 2.23. The van der Waals surface area contributed by atoms with E-state index < -0.39 is 0 Å². The molecule has 0 aliphatic rings. The van der Waals surface area contributed by atoms with Gasteiger partial charge >= 0.3 is 0 Å². The molecule has 0 amide bonds. The van der Waals surface area contributed by atoms with Gasteiger partial charge in [0, 0.05) is 11.3 Å². The van der Waals surface area contributed by atoms with E-state index in [9.17, 15) is 0 Å². The van der Waals surface area contributed by atoms with E-state index in [0.717, 1.165) is 0 Å². The lowest BCUT2D eigenvalue weighted by Gasteiger charge is -2.22. The van der Waals surface area contributed by atoms with Gasteiger partial charge in [-0.05, 0) is 32.2 Å². The van der Waals surface area contributed by atoms with Crippen molar-refractivity contribution in [2.75, 3.05) is 13.3 Å². The molecule has 0 bridgehead atoms. The van der Waals surface area contributed by atoms with E-state index in [1.165, 1.54) is 18.4 Å². The van der Waals surface area contributed by atoms with E-state index in [2.05, 4.69) is 37.2 Å². The van der Waals surface area contributed by atoms with Gasteiger partial charge in [0.2, 0.25) is 0 Å². The summed E-state index contributed by atoms with van der Waals surface area (Å²) in [6, 6.07) is 0.323. The van der Waals surface area contributed by atoms with Crippen LogP contribution in [0.5, 0.6) is 0 Å². The van der Waals surface area contributed by atoms with Crippen LogP contribution in [-0.4, -0.2) is 24.6 Å².